The molecule has 0 bridgehead atoms. The molecule has 4 heteroatoms. The van der Waals surface area contributed by atoms with E-state index in [1.807, 2.05) is 18.2 Å². The lowest BCUT2D eigenvalue weighted by Gasteiger charge is -1.98. The molecule has 1 heterocycles. The molecule has 3 nitrogen and oxygen atoms in total. The molecule has 1 aromatic carbocycles. The molecule has 0 aromatic heterocycles. The highest BCUT2D eigenvalue weighted by atomic mass is 79.9. The maximum atomic E-state index is 10.5. The minimum Gasteiger partial charge on any atom is -0.301 e. The van der Waals surface area contributed by atoms with E-state index in [0.29, 0.717) is 0 Å². The standard InChI is InChI=1S/C8H5BrN2O/c9-5-1-2-6-7(3-5)10-11-8(6)4-12/h1-4,8H/t8-/m1/s1. The highest BCUT2D eigenvalue weighted by Crippen LogP contribution is 2.35. The second-order valence-electron chi connectivity index (χ2n) is 2.50. The van der Waals surface area contributed by atoms with Gasteiger partial charge in [-0.3, -0.25) is 0 Å². The zero-order valence-corrected chi connectivity index (χ0v) is 7.65. The summed E-state index contributed by atoms with van der Waals surface area (Å²) in [6, 6.07) is 5.19. The summed E-state index contributed by atoms with van der Waals surface area (Å²) in [6.45, 7) is 0. The van der Waals surface area contributed by atoms with Gasteiger partial charge in [-0.05, 0) is 12.1 Å². The number of hydrogen-bond donors (Lipinski definition) is 0. The molecular weight excluding hydrogens is 220 g/mol. The van der Waals surface area contributed by atoms with Crippen molar-refractivity contribution in [1.82, 2.24) is 0 Å². The lowest BCUT2D eigenvalue weighted by Crippen LogP contribution is -1.90. The Morgan fingerprint density at radius 3 is 3.08 bits per heavy atom. The Morgan fingerprint density at radius 1 is 1.50 bits per heavy atom. The smallest absolute Gasteiger partial charge is 0.153 e. The number of carbonyl (C=O) groups excluding carboxylic acids is 1. The Morgan fingerprint density at radius 2 is 2.33 bits per heavy atom. The maximum absolute atomic E-state index is 10.5. The van der Waals surface area contributed by atoms with E-state index in [2.05, 4.69) is 26.2 Å². The van der Waals surface area contributed by atoms with E-state index in [1.54, 1.807) is 0 Å². The molecule has 0 fully saturated rings. The molecule has 60 valence electrons. The second-order valence-corrected chi connectivity index (χ2v) is 3.42. The summed E-state index contributed by atoms with van der Waals surface area (Å²) in [7, 11) is 0. The molecule has 0 N–H and O–H groups in total. The summed E-state index contributed by atoms with van der Waals surface area (Å²) in [5.41, 5.74) is 1.66. The molecule has 0 aliphatic carbocycles. The van der Waals surface area contributed by atoms with Crippen LogP contribution in [0.4, 0.5) is 5.69 Å². The van der Waals surface area contributed by atoms with Crippen LogP contribution in [0.2, 0.25) is 0 Å². The van der Waals surface area contributed by atoms with E-state index >= 15 is 0 Å². The van der Waals surface area contributed by atoms with Gasteiger partial charge in [-0.25, -0.2) is 0 Å². The monoisotopic (exact) mass is 224 g/mol. The summed E-state index contributed by atoms with van der Waals surface area (Å²) >= 11 is 3.32. The van der Waals surface area contributed by atoms with Gasteiger partial charge in [0.2, 0.25) is 0 Å². The van der Waals surface area contributed by atoms with Crippen LogP contribution in [-0.2, 0) is 4.79 Å². The van der Waals surface area contributed by atoms with Crippen molar-refractivity contribution >= 4 is 27.9 Å². The van der Waals surface area contributed by atoms with Gasteiger partial charge in [-0.1, -0.05) is 22.0 Å². The van der Waals surface area contributed by atoms with Crippen molar-refractivity contribution in [2.75, 3.05) is 0 Å². The molecule has 1 aliphatic rings. The minimum atomic E-state index is -0.395. The second kappa shape index (κ2) is 2.79. The van der Waals surface area contributed by atoms with E-state index in [4.69, 9.17) is 0 Å². The predicted molar refractivity (Wildman–Crippen MR) is 47.5 cm³/mol. The first-order valence-corrected chi connectivity index (χ1v) is 4.26. The number of nitrogens with zero attached hydrogens (tertiary/aromatic N) is 2. The average molecular weight is 225 g/mol. The summed E-state index contributed by atoms with van der Waals surface area (Å²) in [4.78, 5) is 10.5. The van der Waals surface area contributed by atoms with Crippen molar-refractivity contribution in [2.45, 2.75) is 6.04 Å². The molecule has 1 aromatic rings. The van der Waals surface area contributed by atoms with Crippen LogP contribution in [0.15, 0.2) is 32.9 Å². The Hall–Kier alpha value is -1.03. The molecule has 1 aliphatic heterocycles. The van der Waals surface area contributed by atoms with Gasteiger partial charge in [-0.15, -0.1) is 0 Å². The first-order valence-electron chi connectivity index (χ1n) is 3.47. The number of azo groups is 1. The first-order chi connectivity index (χ1) is 5.81. The largest absolute Gasteiger partial charge is 0.301 e. The molecule has 0 amide bonds. The van der Waals surface area contributed by atoms with E-state index in [9.17, 15) is 4.79 Å². The SMILES string of the molecule is O=C[C@H]1N=Nc2cc(Br)ccc21. The van der Waals surface area contributed by atoms with E-state index in [0.717, 1.165) is 22.0 Å². The van der Waals surface area contributed by atoms with Gasteiger partial charge in [0, 0.05) is 10.0 Å². The van der Waals surface area contributed by atoms with Crippen LogP contribution in [-0.4, -0.2) is 6.29 Å². The van der Waals surface area contributed by atoms with Crippen molar-refractivity contribution in [3.05, 3.63) is 28.2 Å². The van der Waals surface area contributed by atoms with Crippen LogP contribution < -0.4 is 0 Å². The molecule has 2 rings (SSSR count). The average Bonchev–Trinajstić information content (AvgIpc) is 2.46. The topological polar surface area (TPSA) is 41.8 Å². The molecule has 1 atom stereocenters. The highest BCUT2D eigenvalue weighted by molar-refractivity contribution is 9.10. The molecule has 0 spiro atoms. The van der Waals surface area contributed by atoms with Gasteiger partial charge in [0.25, 0.3) is 0 Å². The van der Waals surface area contributed by atoms with Gasteiger partial charge in [-0.2, -0.15) is 10.2 Å². The number of benzene rings is 1. The van der Waals surface area contributed by atoms with Crippen molar-refractivity contribution in [3.63, 3.8) is 0 Å². The lowest BCUT2D eigenvalue weighted by atomic mass is 10.1. The molecule has 0 saturated heterocycles. The molecule has 0 saturated carbocycles. The van der Waals surface area contributed by atoms with E-state index in [1.165, 1.54) is 0 Å². The summed E-state index contributed by atoms with van der Waals surface area (Å²) in [6.07, 6.45) is 0.795. The Balaban J connectivity index is 2.53. The summed E-state index contributed by atoms with van der Waals surface area (Å²) in [5.74, 6) is 0. The number of carbonyl (C=O) groups is 1. The number of halogens is 1. The van der Waals surface area contributed by atoms with Crippen LogP contribution in [0.1, 0.15) is 11.6 Å². The molecule has 0 radical (unpaired) electrons. The molecule has 12 heavy (non-hydrogen) atoms. The number of fused-ring (bicyclic) bond motifs is 1. The molecule has 0 unspecified atom stereocenters. The Labute approximate surface area is 77.6 Å². The van der Waals surface area contributed by atoms with Crippen LogP contribution in [0.5, 0.6) is 0 Å². The van der Waals surface area contributed by atoms with Crippen LogP contribution in [0, 0.1) is 0 Å². The quantitative estimate of drug-likeness (QED) is 0.677. The highest BCUT2D eigenvalue weighted by Gasteiger charge is 2.19. The zero-order chi connectivity index (χ0) is 8.55. The van der Waals surface area contributed by atoms with Gasteiger partial charge in [0.15, 0.2) is 12.3 Å². The Bertz CT molecular complexity index is 362. The number of aldehydes is 1. The van der Waals surface area contributed by atoms with Crippen LogP contribution in [0.3, 0.4) is 0 Å². The fraction of sp³-hybridized carbons (Fsp3) is 0.125. The van der Waals surface area contributed by atoms with E-state index < -0.39 is 6.04 Å². The third-order valence-electron chi connectivity index (χ3n) is 1.73. The van der Waals surface area contributed by atoms with Crippen molar-refractivity contribution < 1.29 is 4.79 Å². The first kappa shape index (κ1) is 7.61. The lowest BCUT2D eigenvalue weighted by molar-refractivity contribution is -0.108. The normalized spacial score (nSPS) is 19.2. The molecular formula is C8H5BrN2O. The van der Waals surface area contributed by atoms with E-state index in [-0.39, 0.29) is 0 Å². The van der Waals surface area contributed by atoms with Crippen LogP contribution in [0.25, 0.3) is 0 Å². The zero-order valence-electron chi connectivity index (χ0n) is 6.07. The number of hydrogen-bond acceptors (Lipinski definition) is 3. The predicted octanol–water partition coefficient (Wildman–Crippen LogP) is 2.79. The van der Waals surface area contributed by atoms with Crippen LogP contribution >= 0.6 is 15.9 Å². The summed E-state index contributed by atoms with van der Waals surface area (Å²) in [5, 5.41) is 7.68. The van der Waals surface area contributed by atoms with Crippen molar-refractivity contribution in [1.29, 1.82) is 0 Å². The van der Waals surface area contributed by atoms with Gasteiger partial charge < -0.3 is 4.79 Å². The van der Waals surface area contributed by atoms with Crippen molar-refractivity contribution in [3.8, 4) is 0 Å². The third-order valence-corrected chi connectivity index (χ3v) is 2.22. The fourth-order valence-electron chi connectivity index (χ4n) is 1.14. The minimum absolute atomic E-state index is 0.395. The third kappa shape index (κ3) is 1.08. The van der Waals surface area contributed by atoms with Crippen molar-refractivity contribution in [2.24, 2.45) is 10.2 Å². The van der Waals surface area contributed by atoms with Gasteiger partial charge >= 0.3 is 0 Å². The maximum Gasteiger partial charge on any atom is 0.153 e. The number of rotatable bonds is 1. The van der Waals surface area contributed by atoms with Gasteiger partial charge in [0.05, 0.1) is 5.69 Å². The Kier molecular flexibility index (Phi) is 1.77. The fourth-order valence-corrected chi connectivity index (χ4v) is 1.49. The summed E-state index contributed by atoms with van der Waals surface area (Å²) < 4.78 is 0.951. The van der Waals surface area contributed by atoms with Gasteiger partial charge in [0.1, 0.15) is 0 Å².